The predicted octanol–water partition coefficient (Wildman–Crippen LogP) is 4.39. The molecule has 37 heavy (non-hydrogen) atoms. The zero-order valence-corrected chi connectivity index (χ0v) is 22.9. The second-order valence-electron chi connectivity index (χ2n) is 8.43. The monoisotopic (exact) mass is 561 g/mol. The summed E-state index contributed by atoms with van der Waals surface area (Å²) in [5.41, 5.74) is 1.50. The van der Waals surface area contributed by atoms with Crippen LogP contribution in [0.1, 0.15) is 18.1 Å². The van der Waals surface area contributed by atoms with Crippen LogP contribution in [0.4, 0.5) is 0 Å². The third kappa shape index (κ3) is 7.55. The summed E-state index contributed by atoms with van der Waals surface area (Å²) in [4.78, 5) is 28.3. The highest BCUT2D eigenvalue weighted by Gasteiger charge is 2.33. The molecule has 0 fully saturated rings. The summed E-state index contributed by atoms with van der Waals surface area (Å²) in [6.45, 7) is 1.73. The average Bonchev–Trinajstić information content (AvgIpc) is 2.88. The van der Waals surface area contributed by atoms with E-state index < -0.39 is 28.5 Å². The number of amides is 2. The molecule has 0 radical (unpaired) electrons. The zero-order chi connectivity index (χ0) is 27.0. The van der Waals surface area contributed by atoms with Gasteiger partial charge in [0.25, 0.3) is 0 Å². The van der Waals surface area contributed by atoms with Crippen LogP contribution in [0.25, 0.3) is 0 Å². The lowest BCUT2D eigenvalue weighted by Crippen LogP contribution is -2.53. The zero-order valence-electron chi connectivity index (χ0n) is 20.6. The molecule has 10 heteroatoms. The van der Waals surface area contributed by atoms with Gasteiger partial charge in [-0.1, -0.05) is 71.7 Å². The van der Waals surface area contributed by atoms with Gasteiger partial charge in [0, 0.05) is 36.6 Å². The summed E-state index contributed by atoms with van der Waals surface area (Å²) in [5, 5.41) is 3.65. The predicted molar refractivity (Wildman–Crippen MR) is 146 cm³/mol. The maximum atomic E-state index is 13.7. The van der Waals surface area contributed by atoms with E-state index in [1.54, 1.807) is 31.2 Å². The largest absolute Gasteiger partial charge is 0.355 e. The van der Waals surface area contributed by atoms with Crippen molar-refractivity contribution in [3.05, 3.63) is 100 Å². The first-order valence-corrected chi connectivity index (χ1v) is 13.9. The van der Waals surface area contributed by atoms with Gasteiger partial charge in [-0.05, 0) is 48.4 Å². The first-order chi connectivity index (χ1) is 17.6. The molecule has 7 nitrogen and oxygen atoms in total. The molecule has 0 saturated carbocycles. The van der Waals surface area contributed by atoms with E-state index in [4.69, 9.17) is 23.2 Å². The number of halogens is 2. The van der Waals surface area contributed by atoms with Crippen molar-refractivity contribution in [1.29, 1.82) is 0 Å². The first-order valence-electron chi connectivity index (χ1n) is 11.7. The van der Waals surface area contributed by atoms with E-state index in [0.29, 0.717) is 22.2 Å². The van der Waals surface area contributed by atoms with Crippen molar-refractivity contribution >= 4 is 45.0 Å². The number of carbonyl (C=O) groups excluding carboxylic acids is 2. The van der Waals surface area contributed by atoms with Crippen molar-refractivity contribution in [1.82, 2.24) is 14.5 Å². The van der Waals surface area contributed by atoms with Crippen LogP contribution < -0.4 is 5.32 Å². The Bertz CT molecular complexity index is 1320. The van der Waals surface area contributed by atoms with Crippen LogP contribution in [-0.2, 0) is 32.6 Å². The summed E-state index contributed by atoms with van der Waals surface area (Å²) in [6, 6.07) is 21.2. The summed E-state index contributed by atoms with van der Waals surface area (Å²) < 4.78 is 27.2. The molecule has 3 aromatic carbocycles. The second kappa shape index (κ2) is 13.1. The summed E-state index contributed by atoms with van der Waals surface area (Å²) >= 11 is 12.3. The Balaban J connectivity index is 1.96. The summed E-state index contributed by atoms with van der Waals surface area (Å²) in [5.74, 6) is -0.873. The van der Waals surface area contributed by atoms with Crippen molar-refractivity contribution in [2.45, 2.75) is 30.8 Å². The molecule has 0 aromatic heterocycles. The van der Waals surface area contributed by atoms with Crippen LogP contribution in [0, 0.1) is 0 Å². The van der Waals surface area contributed by atoms with E-state index in [9.17, 15) is 18.0 Å². The quantitative estimate of drug-likeness (QED) is 0.376. The van der Waals surface area contributed by atoms with E-state index in [-0.39, 0.29) is 23.8 Å². The highest BCUT2D eigenvalue weighted by molar-refractivity contribution is 7.89. The highest BCUT2D eigenvalue weighted by Crippen LogP contribution is 2.22. The van der Waals surface area contributed by atoms with Crippen molar-refractivity contribution < 1.29 is 18.0 Å². The topological polar surface area (TPSA) is 86.8 Å². The van der Waals surface area contributed by atoms with Crippen LogP contribution in [0.3, 0.4) is 0 Å². The molecule has 196 valence electrons. The molecule has 2 amide bonds. The van der Waals surface area contributed by atoms with Crippen LogP contribution in [0.5, 0.6) is 0 Å². The Kier molecular flexibility index (Phi) is 10.1. The van der Waals surface area contributed by atoms with Crippen LogP contribution in [-0.4, -0.2) is 55.6 Å². The molecule has 0 aliphatic heterocycles. The van der Waals surface area contributed by atoms with Crippen LogP contribution >= 0.6 is 23.2 Å². The number of nitrogens with one attached hydrogen (secondary N) is 1. The Morgan fingerprint density at radius 3 is 2.16 bits per heavy atom. The number of rotatable bonds is 11. The van der Waals surface area contributed by atoms with E-state index in [0.717, 1.165) is 9.87 Å². The second-order valence-corrected chi connectivity index (χ2v) is 11.3. The normalized spacial score (nSPS) is 12.2. The third-order valence-corrected chi connectivity index (χ3v) is 8.24. The maximum absolute atomic E-state index is 13.7. The average molecular weight is 563 g/mol. The van der Waals surface area contributed by atoms with Gasteiger partial charge in [-0.15, -0.1) is 0 Å². The van der Waals surface area contributed by atoms with Gasteiger partial charge in [0.15, 0.2) is 0 Å². The minimum atomic E-state index is -3.98. The lowest BCUT2D eigenvalue weighted by Gasteiger charge is -2.32. The van der Waals surface area contributed by atoms with Gasteiger partial charge in [0.2, 0.25) is 21.8 Å². The lowest BCUT2D eigenvalue weighted by molar-refractivity contribution is -0.141. The molecule has 1 N–H and O–H groups in total. The third-order valence-electron chi connectivity index (χ3n) is 5.80. The molecule has 0 unspecified atom stereocenters. The van der Waals surface area contributed by atoms with Gasteiger partial charge in [-0.25, -0.2) is 8.42 Å². The van der Waals surface area contributed by atoms with Crippen molar-refractivity contribution in [2.24, 2.45) is 0 Å². The molecule has 0 aliphatic carbocycles. The van der Waals surface area contributed by atoms with Crippen molar-refractivity contribution in [3.63, 3.8) is 0 Å². The molecule has 0 bridgehead atoms. The summed E-state index contributed by atoms with van der Waals surface area (Å²) in [6.07, 6.45) is 0.247. The molecule has 0 spiro atoms. The Morgan fingerprint density at radius 2 is 1.54 bits per heavy atom. The Morgan fingerprint density at radius 1 is 0.919 bits per heavy atom. The number of sulfonamides is 1. The molecular formula is C27H29Cl2N3O4S. The smallest absolute Gasteiger partial charge is 0.243 e. The fourth-order valence-corrected chi connectivity index (χ4v) is 5.25. The van der Waals surface area contributed by atoms with Crippen LogP contribution in [0.15, 0.2) is 83.8 Å². The fourth-order valence-electron chi connectivity index (χ4n) is 3.81. The van der Waals surface area contributed by atoms with Gasteiger partial charge < -0.3 is 10.2 Å². The number of nitrogens with zero attached hydrogens (tertiary/aromatic N) is 2. The molecular weight excluding hydrogens is 533 g/mol. The first kappa shape index (κ1) is 28.7. The Labute approximate surface area is 228 Å². The van der Waals surface area contributed by atoms with E-state index in [2.05, 4.69) is 5.32 Å². The highest BCUT2D eigenvalue weighted by atomic mass is 35.5. The SMILES string of the molecule is CCNC(=O)[C@@H](Cc1ccccc1)N(Cc1ccccc1Cl)C(=O)CN(C)S(=O)(=O)c1ccc(Cl)cc1. The maximum Gasteiger partial charge on any atom is 0.243 e. The van der Waals surface area contributed by atoms with E-state index >= 15 is 0 Å². The minimum Gasteiger partial charge on any atom is -0.355 e. The van der Waals surface area contributed by atoms with Crippen LogP contribution in [0.2, 0.25) is 10.0 Å². The van der Waals surface area contributed by atoms with Gasteiger partial charge in [0.05, 0.1) is 11.4 Å². The Hall–Kier alpha value is -2.91. The summed E-state index contributed by atoms with van der Waals surface area (Å²) in [7, 11) is -2.65. The van der Waals surface area contributed by atoms with Gasteiger partial charge in [-0.3, -0.25) is 9.59 Å². The standard InChI is InChI=1S/C27H29Cl2N3O4S/c1-3-30-27(34)25(17-20-9-5-4-6-10-20)32(18-21-11-7-8-12-24(21)29)26(33)19-31(2)37(35,36)23-15-13-22(28)14-16-23/h4-16,25H,3,17-19H2,1-2H3,(H,30,34)/t25-/m1/s1. The number of likely N-dealkylation sites (N-methyl/N-ethyl adjacent to an activating group) is 2. The number of carbonyl (C=O) groups is 2. The number of benzene rings is 3. The van der Waals surface area contributed by atoms with Crippen molar-refractivity contribution in [2.75, 3.05) is 20.1 Å². The number of hydrogen-bond acceptors (Lipinski definition) is 4. The van der Waals surface area contributed by atoms with Gasteiger partial charge >= 0.3 is 0 Å². The van der Waals surface area contributed by atoms with Crippen molar-refractivity contribution in [3.8, 4) is 0 Å². The minimum absolute atomic E-state index is 0.00872. The van der Waals surface area contributed by atoms with E-state index in [1.807, 2.05) is 30.3 Å². The van der Waals surface area contributed by atoms with Gasteiger partial charge in [0.1, 0.15) is 6.04 Å². The fraction of sp³-hybridized carbons (Fsp3) is 0.259. The molecule has 0 saturated heterocycles. The van der Waals surface area contributed by atoms with E-state index in [1.165, 1.54) is 36.2 Å². The molecule has 0 heterocycles. The molecule has 3 aromatic rings. The van der Waals surface area contributed by atoms with Gasteiger partial charge in [-0.2, -0.15) is 4.31 Å². The molecule has 1 atom stereocenters. The lowest BCUT2D eigenvalue weighted by atomic mass is 10.0. The molecule has 3 rings (SSSR count). The molecule has 0 aliphatic rings. The number of hydrogen-bond donors (Lipinski definition) is 1.